The second-order valence-corrected chi connectivity index (χ2v) is 7.25. The molecule has 0 amide bonds. The Morgan fingerprint density at radius 3 is 2.63 bits per heavy atom. The molecule has 0 saturated carbocycles. The summed E-state index contributed by atoms with van der Waals surface area (Å²) in [7, 11) is -2.15. The van der Waals surface area contributed by atoms with Crippen molar-refractivity contribution in [1.29, 1.82) is 0 Å². The van der Waals surface area contributed by atoms with Crippen molar-refractivity contribution in [2.45, 2.75) is 45.6 Å². The largest absolute Gasteiger partial charge is 0.480 e. The molecule has 0 aromatic rings. The molecule has 0 aromatic heterocycles. The van der Waals surface area contributed by atoms with Gasteiger partial charge < -0.3 is 5.11 Å². The normalized spacial score (nSPS) is 23.5. The first kappa shape index (κ1) is 16.4. The van der Waals surface area contributed by atoms with Crippen molar-refractivity contribution in [2.75, 3.05) is 20.1 Å². The second-order valence-electron chi connectivity index (χ2n) is 5.26. The van der Waals surface area contributed by atoms with Gasteiger partial charge in [-0.25, -0.2) is 0 Å². The lowest BCUT2D eigenvalue weighted by molar-refractivity contribution is -0.142. The van der Waals surface area contributed by atoms with Gasteiger partial charge in [0.1, 0.15) is 6.04 Å². The van der Waals surface area contributed by atoms with E-state index in [1.165, 1.54) is 11.4 Å². The number of carboxylic acid groups (broad SMARTS) is 1. The Bertz CT molecular complexity index is 410. The van der Waals surface area contributed by atoms with Crippen LogP contribution in [0.4, 0.5) is 0 Å². The van der Waals surface area contributed by atoms with Gasteiger partial charge in [-0.15, -0.1) is 0 Å². The van der Waals surface area contributed by atoms with Gasteiger partial charge in [-0.05, 0) is 25.2 Å². The molecule has 1 heterocycles. The van der Waals surface area contributed by atoms with E-state index in [0.717, 1.165) is 23.6 Å². The molecule has 19 heavy (non-hydrogen) atoms. The van der Waals surface area contributed by atoms with E-state index in [1.807, 2.05) is 13.8 Å². The van der Waals surface area contributed by atoms with E-state index >= 15 is 0 Å². The quantitative estimate of drug-likeness (QED) is 0.796. The van der Waals surface area contributed by atoms with Crippen LogP contribution in [-0.2, 0) is 15.0 Å². The molecule has 6 nitrogen and oxygen atoms in total. The first-order valence-electron chi connectivity index (χ1n) is 6.76. The van der Waals surface area contributed by atoms with Crippen molar-refractivity contribution >= 4 is 16.2 Å². The van der Waals surface area contributed by atoms with Crippen molar-refractivity contribution in [3.63, 3.8) is 0 Å². The molecule has 1 N–H and O–H groups in total. The Hall–Kier alpha value is -0.660. The summed E-state index contributed by atoms with van der Waals surface area (Å²) in [5.41, 5.74) is 0. The minimum Gasteiger partial charge on any atom is -0.480 e. The first-order chi connectivity index (χ1) is 8.80. The minimum atomic E-state index is -3.68. The molecule has 112 valence electrons. The molecule has 1 aliphatic rings. The molecule has 0 bridgehead atoms. The number of hydrogen-bond donors (Lipinski definition) is 1. The minimum absolute atomic E-state index is 0.257. The van der Waals surface area contributed by atoms with Gasteiger partial charge in [-0.2, -0.15) is 17.0 Å². The molecular formula is C12H24N2O4S. The average molecular weight is 292 g/mol. The van der Waals surface area contributed by atoms with Crippen LogP contribution in [0.5, 0.6) is 0 Å². The fourth-order valence-corrected chi connectivity index (χ4v) is 3.95. The molecule has 0 aromatic carbocycles. The third-order valence-electron chi connectivity index (χ3n) is 3.69. The summed E-state index contributed by atoms with van der Waals surface area (Å²) in [6.07, 6.45) is 2.77. The highest BCUT2D eigenvalue weighted by Gasteiger charge is 2.38. The molecule has 1 aliphatic heterocycles. The number of carbonyl (C=O) groups is 1. The van der Waals surface area contributed by atoms with Crippen molar-refractivity contribution in [3.8, 4) is 0 Å². The number of hydrogen-bond acceptors (Lipinski definition) is 3. The highest BCUT2D eigenvalue weighted by Crippen LogP contribution is 2.23. The van der Waals surface area contributed by atoms with Gasteiger partial charge in [0, 0.05) is 20.1 Å². The Kier molecular flexibility index (Phi) is 5.76. The molecule has 0 aliphatic carbocycles. The zero-order chi connectivity index (χ0) is 14.6. The number of rotatable bonds is 6. The van der Waals surface area contributed by atoms with Crippen molar-refractivity contribution in [2.24, 2.45) is 5.92 Å². The maximum atomic E-state index is 12.4. The highest BCUT2D eigenvalue weighted by atomic mass is 32.2. The van der Waals surface area contributed by atoms with Crippen LogP contribution in [0.15, 0.2) is 0 Å². The average Bonchev–Trinajstić information content (AvgIpc) is 2.38. The van der Waals surface area contributed by atoms with Crippen LogP contribution in [-0.4, -0.2) is 54.3 Å². The first-order valence-corrected chi connectivity index (χ1v) is 8.16. The zero-order valence-corrected chi connectivity index (χ0v) is 12.7. The number of carboxylic acids is 1. The lowest BCUT2D eigenvalue weighted by atomic mass is 10.1. The lowest BCUT2D eigenvalue weighted by Crippen LogP contribution is -2.53. The van der Waals surface area contributed by atoms with Crippen molar-refractivity contribution in [1.82, 2.24) is 8.61 Å². The molecule has 7 heteroatoms. The Morgan fingerprint density at radius 1 is 1.47 bits per heavy atom. The second kappa shape index (κ2) is 6.67. The van der Waals surface area contributed by atoms with Crippen LogP contribution in [0.25, 0.3) is 0 Å². The third-order valence-corrected chi connectivity index (χ3v) is 5.66. The predicted octanol–water partition coefficient (Wildman–Crippen LogP) is 1.15. The van der Waals surface area contributed by atoms with Crippen LogP contribution in [0.2, 0.25) is 0 Å². The maximum absolute atomic E-state index is 12.4. The third kappa shape index (κ3) is 3.90. The van der Waals surface area contributed by atoms with Gasteiger partial charge >= 0.3 is 5.97 Å². The number of nitrogens with zero attached hydrogens (tertiary/aromatic N) is 2. The molecule has 1 saturated heterocycles. The van der Waals surface area contributed by atoms with Crippen LogP contribution < -0.4 is 0 Å². The summed E-state index contributed by atoms with van der Waals surface area (Å²) in [5, 5.41) is 9.16. The number of aliphatic carboxylic acids is 1. The SMILES string of the molecule is CCC(C)CN(C)S(=O)(=O)N1CCCCC1C(=O)O. The molecule has 1 fully saturated rings. The predicted molar refractivity (Wildman–Crippen MR) is 73.0 cm³/mol. The van der Waals surface area contributed by atoms with Crippen molar-refractivity contribution < 1.29 is 18.3 Å². The van der Waals surface area contributed by atoms with E-state index in [2.05, 4.69) is 0 Å². The van der Waals surface area contributed by atoms with E-state index < -0.39 is 22.2 Å². The fraction of sp³-hybridized carbons (Fsp3) is 0.917. The summed E-state index contributed by atoms with van der Waals surface area (Å²) in [4.78, 5) is 11.2. The standard InChI is InChI=1S/C12H24N2O4S/c1-4-10(2)9-13(3)19(17,18)14-8-6-5-7-11(14)12(15)16/h10-11H,4-9H2,1-3H3,(H,15,16). The topological polar surface area (TPSA) is 77.9 Å². The molecule has 2 unspecified atom stereocenters. The monoisotopic (exact) mass is 292 g/mol. The summed E-state index contributed by atoms with van der Waals surface area (Å²) in [6, 6.07) is -0.918. The molecule has 1 rings (SSSR count). The summed E-state index contributed by atoms with van der Waals surface area (Å²) in [6.45, 7) is 4.70. The molecule has 0 spiro atoms. The molecule has 0 radical (unpaired) electrons. The Morgan fingerprint density at radius 2 is 2.11 bits per heavy atom. The van der Waals surface area contributed by atoms with E-state index in [0.29, 0.717) is 19.5 Å². The van der Waals surface area contributed by atoms with E-state index in [-0.39, 0.29) is 5.92 Å². The molecule has 2 atom stereocenters. The fourth-order valence-electron chi connectivity index (χ4n) is 2.27. The number of piperidine rings is 1. The van der Waals surface area contributed by atoms with Gasteiger partial charge in [0.15, 0.2) is 0 Å². The zero-order valence-electron chi connectivity index (χ0n) is 11.9. The van der Waals surface area contributed by atoms with Crippen molar-refractivity contribution in [3.05, 3.63) is 0 Å². The molecular weight excluding hydrogens is 268 g/mol. The van der Waals surface area contributed by atoms with E-state index in [4.69, 9.17) is 5.11 Å². The van der Waals surface area contributed by atoms with Gasteiger partial charge in [0.05, 0.1) is 0 Å². The van der Waals surface area contributed by atoms with Crippen LogP contribution >= 0.6 is 0 Å². The summed E-state index contributed by atoms with van der Waals surface area (Å²) < 4.78 is 27.3. The summed E-state index contributed by atoms with van der Waals surface area (Å²) >= 11 is 0. The summed E-state index contributed by atoms with van der Waals surface area (Å²) in [5.74, 6) is -0.798. The van der Waals surface area contributed by atoms with E-state index in [9.17, 15) is 13.2 Å². The van der Waals surface area contributed by atoms with Gasteiger partial charge in [-0.1, -0.05) is 20.3 Å². The highest BCUT2D eigenvalue weighted by molar-refractivity contribution is 7.86. The maximum Gasteiger partial charge on any atom is 0.322 e. The van der Waals surface area contributed by atoms with Gasteiger partial charge in [0.25, 0.3) is 10.2 Å². The van der Waals surface area contributed by atoms with Gasteiger partial charge in [0.2, 0.25) is 0 Å². The smallest absolute Gasteiger partial charge is 0.322 e. The van der Waals surface area contributed by atoms with Crippen LogP contribution in [0, 0.1) is 5.92 Å². The Balaban J connectivity index is 2.87. The Labute approximate surface area is 115 Å². The van der Waals surface area contributed by atoms with Gasteiger partial charge in [-0.3, -0.25) is 4.79 Å². The van der Waals surface area contributed by atoms with Crippen LogP contribution in [0.1, 0.15) is 39.5 Å². The lowest BCUT2D eigenvalue weighted by Gasteiger charge is -2.35. The van der Waals surface area contributed by atoms with Crippen LogP contribution in [0.3, 0.4) is 0 Å². The van der Waals surface area contributed by atoms with E-state index in [1.54, 1.807) is 0 Å².